The Hall–Kier alpha value is -2.51. The smallest absolute Gasteiger partial charge is 0.147 e. The van der Waals surface area contributed by atoms with Crippen LogP contribution in [-0.2, 0) is 4.79 Å². The fraction of sp³-hybridized carbons (Fsp3) is 0.435. The third-order valence-electron chi connectivity index (χ3n) is 5.58. The zero-order chi connectivity index (χ0) is 21.4. The number of benzene rings is 1. The van der Waals surface area contributed by atoms with E-state index >= 15 is 0 Å². The van der Waals surface area contributed by atoms with E-state index in [1.165, 1.54) is 0 Å². The van der Waals surface area contributed by atoms with Gasteiger partial charge < -0.3 is 9.47 Å². The molecule has 7 heteroatoms. The predicted molar refractivity (Wildman–Crippen MR) is 120 cm³/mol. The molecule has 6 nitrogen and oxygen atoms in total. The zero-order valence-electron chi connectivity index (χ0n) is 18.0. The van der Waals surface area contributed by atoms with Gasteiger partial charge in [-0.25, -0.2) is 9.97 Å². The van der Waals surface area contributed by atoms with Gasteiger partial charge >= 0.3 is 0 Å². The number of fused-ring (bicyclic) bond motifs is 1. The molecule has 0 amide bonds. The molecule has 3 heterocycles. The summed E-state index contributed by atoms with van der Waals surface area (Å²) in [6, 6.07) is 7.69. The second-order valence-corrected chi connectivity index (χ2v) is 9.02. The fourth-order valence-corrected chi connectivity index (χ4v) is 4.81. The number of ether oxygens (including phenoxy) is 2. The van der Waals surface area contributed by atoms with E-state index in [1.807, 2.05) is 31.3 Å². The number of likely N-dealkylation sites (N-methyl/N-ethyl adjacent to an activating group) is 1. The van der Waals surface area contributed by atoms with E-state index in [1.54, 1.807) is 25.4 Å². The summed E-state index contributed by atoms with van der Waals surface area (Å²) in [5.41, 5.74) is 2.65. The standard InChI is InChI=1S/C23H27N3O3S/c1-13(2)20-12-30-23(25-20)19-10-22(17-7-6-15(28-5)8-18(17)24-19)29-16-9-21(14(3)27)26(4)11-16/h6-8,10,12-13,16,21H,9,11H2,1-5H3. The monoisotopic (exact) mass is 425 g/mol. The number of carbonyl (C=O) groups excluding carboxylic acids is 1. The SMILES string of the molecule is COc1ccc2c(OC3CC(C(C)=O)N(C)C3)cc(-c3nc(C(C)C)cs3)nc2c1. The Kier molecular flexibility index (Phi) is 5.75. The summed E-state index contributed by atoms with van der Waals surface area (Å²) in [4.78, 5) is 23.6. The van der Waals surface area contributed by atoms with Crippen molar-refractivity contribution in [3.8, 4) is 22.2 Å². The minimum absolute atomic E-state index is 0.0491. The van der Waals surface area contributed by atoms with Crippen LogP contribution in [0, 0.1) is 0 Å². The highest BCUT2D eigenvalue weighted by molar-refractivity contribution is 7.13. The lowest BCUT2D eigenvalue weighted by Crippen LogP contribution is -2.31. The van der Waals surface area contributed by atoms with E-state index in [0.717, 1.165) is 38.8 Å². The lowest BCUT2D eigenvalue weighted by molar-refractivity contribution is -0.120. The molecule has 30 heavy (non-hydrogen) atoms. The second-order valence-electron chi connectivity index (χ2n) is 8.16. The largest absolute Gasteiger partial charge is 0.497 e. The van der Waals surface area contributed by atoms with Crippen molar-refractivity contribution in [3.63, 3.8) is 0 Å². The second kappa shape index (κ2) is 8.32. The van der Waals surface area contributed by atoms with Crippen LogP contribution in [0.1, 0.15) is 38.8 Å². The van der Waals surface area contributed by atoms with Crippen LogP contribution >= 0.6 is 11.3 Å². The molecule has 1 fully saturated rings. The van der Waals surface area contributed by atoms with E-state index in [0.29, 0.717) is 18.9 Å². The number of Topliss-reactive ketones (excluding diaryl/α,β-unsaturated/α-hetero) is 1. The number of hydrogen-bond donors (Lipinski definition) is 0. The van der Waals surface area contributed by atoms with E-state index in [9.17, 15) is 4.79 Å². The van der Waals surface area contributed by atoms with Crippen LogP contribution in [-0.4, -0.2) is 53.5 Å². The molecule has 158 valence electrons. The third kappa shape index (κ3) is 4.04. The number of ketones is 1. The van der Waals surface area contributed by atoms with Crippen molar-refractivity contribution in [2.75, 3.05) is 20.7 Å². The average Bonchev–Trinajstić information content (AvgIpc) is 3.34. The Balaban J connectivity index is 1.74. The van der Waals surface area contributed by atoms with Gasteiger partial charge in [-0.15, -0.1) is 11.3 Å². The highest BCUT2D eigenvalue weighted by Gasteiger charge is 2.34. The first-order valence-electron chi connectivity index (χ1n) is 10.2. The van der Waals surface area contributed by atoms with Gasteiger partial charge in [-0.3, -0.25) is 9.69 Å². The molecule has 0 spiro atoms. The molecule has 1 aliphatic heterocycles. The molecular formula is C23H27N3O3S. The highest BCUT2D eigenvalue weighted by Crippen LogP contribution is 2.35. The Morgan fingerprint density at radius 2 is 2.07 bits per heavy atom. The number of rotatable bonds is 6. The Morgan fingerprint density at radius 3 is 2.70 bits per heavy atom. The Labute approximate surface area is 180 Å². The van der Waals surface area contributed by atoms with Crippen LogP contribution in [0.2, 0.25) is 0 Å². The molecule has 3 aromatic rings. The van der Waals surface area contributed by atoms with E-state index in [4.69, 9.17) is 19.4 Å². The number of methoxy groups -OCH3 is 1. The Bertz CT molecular complexity index is 1080. The molecule has 1 aromatic carbocycles. The first-order valence-corrected chi connectivity index (χ1v) is 11.1. The molecule has 1 aliphatic rings. The summed E-state index contributed by atoms with van der Waals surface area (Å²) in [6.45, 7) is 6.63. The lowest BCUT2D eigenvalue weighted by atomic mass is 10.1. The van der Waals surface area contributed by atoms with Gasteiger partial charge in [-0.2, -0.15) is 0 Å². The number of likely N-dealkylation sites (tertiary alicyclic amines) is 1. The van der Waals surface area contributed by atoms with Crippen LogP contribution in [0.4, 0.5) is 0 Å². The first-order chi connectivity index (χ1) is 14.4. The van der Waals surface area contributed by atoms with Crippen molar-refractivity contribution >= 4 is 28.0 Å². The van der Waals surface area contributed by atoms with Crippen molar-refractivity contribution in [2.45, 2.75) is 45.3 Å². The maximum atomic E-state index is 11.9. The van der Waals surface area contributed by atoms with Gasteiger partial charge in [-0.1, -0.05) is 13.8 Å². The van der Waals surface area contributed by atoms with Gasteiger partial charge in [-0.05, 0) is 32.0 Å². The van der Waals surface area contributed by atoms with Crippen molar-refractivity contribution in [3.05, 3.63) is 35.3 Å². The number of hydrogen-bond acceptors (Lipinski definition) is 7. The summed E-state index contributed by atoms with van der Waals surface area (Å²) in [7, 11) is 3.62. The summed E-state index contributed by atoms with van der Waals surface area (Å²) >= 11 is 1.59. The maximum Gasteiger partial charge on any atom is 0.147 e. The summed E-state index contributed by atoms with van der Waals surface area (Å²) in [5, 5.41) is 3.88. The van der Waals surface area contributed by atoms with Crippen molar-refractivity contribution in [2.24, 2.45) is 0 Å². The molecular weight excluding hydrogens is 398 g/mol. The first kappa shape index (κ1) is 20.8. The van der Waals surface area contributed by atoms with Crippen LogP contribution in [0.25, 0.3) is 21.6 Å². The van der Waals surface area contributed by atoms with Gasteiger partial charge in [0.05, 0.1) is 24.4 Å². The quantitative estimate of drug-likeness (QED) is 0.578. The lowest BCUT2D eigenvalue weighted by Gasteiger charge is -2.16. The number of pyridine rings is 1. The molecule has 0 aliphatic carbocycles. The predicted octanol–water partition coefficient (Wildman–Crippen LogP) is 4.53. The third-order valence-corrected chi connectivity index (χ3v) is 6.47. The van der Waals surface area contributed by atoms with Crippen molar-refractivity contribution in [1.29, 1.82) is 0 Å². The molecule has 2 unspecified atom stereocenters. The minimum Gasteiger partial charge on any atom is -0.497 e. The summed E-state index contributed by atoms with van der Waals surface area (Å²) in [6.07, 6.45) is 0.641. The molecule has 0 bridgehead atoms. The fourth-order valence-electron chi connectivity index (χ4n) is 3.87. The number of carbonyl (C=O) groups is 1. The van der Waals surface area contributed by atoms with Gasteiger partial charge in [0.1, 0.15) is 34.1 Å². The summed E-state index contributed by atoms with van der Waals surface area (Å²) < 4.78 is 11.8. The molecule has 2 aromatic heterocycles. The minimum atomic E-state index is -0.0878. The van der Waals surface area contributed by atoms with Crippen LogP contribution in [0.3, 0.4) is 0 Å². The normalized spacial score (nSPS) is 19.5. The molecule has 1 saturated heterocycles. The van der Waals surface area contributed by atoms with Crippen LogP contribution in [0.5, 0.6) is 11.5 Å². The van der Waals surface area contributed by atoms with Crippen molar-refractivity contribution in [1.82, 2.24) is 14.9 Å². The molecule has 0 N–H and O–H groups in total. The van der Waals surface area contributed by atoms with Gasteiger partial charge in [0.15, 0.2) is 0 Å². The Morgan fingerprint density at radius 1 is 1.27 bits per heavy atom. The van der Waals surface area contributed by atoms with E-state index in [2.05, 4.69) is 24.1 Å². The van der Waals surface area contributed by atoms with Crippen LogP contribution < -0.4 is 9.47 Å². The molecule has 0 saturated carbocycles. The van der Waals surface area contributed by atoms with E-state index < -0.39 is 0 Å². The van der Waals surface area contributed by atoms with E-state index in [-0.39, 0.29) is 17.9 Å². The number of aromatic nitrogens is 2. The molecule has 2 atom stereocenters. The van der Waals surface area contributed by atoms with Crippen molar-refractivity contribution < 1.29 is 14.3 Å². The maximum absolute atomic E-state index is 11.9. The highest BCUT2D eigenvalue weighted by atomic mass is 32.1. The molecule has 4 rings (SSSR count). The number of nitrogens with zero attached hydrogens (tertiary/aromatic N) is 3. The average molecular weight is 426 g/mol. The zero-order valence-corrected chi connectivity index (χ0v) is 18.8. The molecule has 0 radical (unpaired) electrons. The van der Waals surface area contributed by atoms with Crippen LogP contribution in [0.15, 0.2) is 29.6 Å². The van der Waals surface area contributed by atoms with Gasteiger partial charge in [0.25, 0.3) is 0 Å². The van der Waals surface area contributed by atoms with Gasteiger partial charge in [0.2, 0.25) is 0 Å². The summed E-state index contributed by atoms with van der Waals surface area (Å²) in [5.74, 6) is 2.06. The number of thiazole rings is 1. The van der Waals surface area contributed by atoms with Gasteiger partial charge in [0, 0.05) is 35.9 Å². The topological polar surface area (TPSA) is 64.6 Å².